The van der Waals surface area contributed by atoms with Crippen molar-refractivity contribution in [1.29, 1.82) is 0 Å². The molecule has 0 aromatic heterocycles. The van der Waals surface area contributed by atoms with Gasteiger partial charge >= 0.3 is 0 Å². The third-order valence-corrected chi connectivity index (χ3v) is 12.0. The Morgan fingerprint density at radius 1 is 0.667 bits per heavy atom. The molecule has 5 aromatic carbocycles. The monoisotopic (exact) mass is 712 g/mol. The molecule has 0 radical (unpaired) electrons. The summed E-state index contributed by atoms with van der Waals surface area (Å²) in [6.07, 6.45) is 2.41. The highest BCUT2D eigenvalue weighted by atomic mass is 35.5. The number of imide groups is 2. The van der Waals surface area contributed by atoms with Crippen LogP contribution in [0.1, 0.15) is 29.9 Å². The number of carbonyl (C=O) groups excluding carboxylic acids is 4. The molecule has 4 amide bonds. The highest BCUT2D eigenvalue weighted by Gasteiger charge is 2.70. The Balaban J connectivity index is 1.29. The SMILES string of the molecule is O=C1[C@H]2[C@H](CC=C3[C@H]2C[C@H]2C(=O)N(c4cccc(Cl)c4)C(=O)[C@@]2(c2ccccc2)[C@H]3c2ccc3ccccc3c2O)C(=O)N1c1ccc(Cl)cc1. The molecule has 5 aromatic rings. The van der Waals surface area contributed by atoms with E-state index in [-0.39, 0.29) is 30.4 Å². The fraction of sp³-hybridized carbons (Fsp3) is 0.190. The van der Waals surface area contributed by atoms with Crippen molar-refractivity contribution in [1.82, 2.24) is 0 Å². The van der Waals surface area contributed by atoms with E-state index in [0.29, 0.717) is 37.9 Å². The first-order valence-corrected chi connectivity index (χ1v) is 17.7. The minimum absolute atomic E-state index is 0.00824. The van der Waals surface area contributed by atoms with Crippen LogP contribution in [-0.2, 0) is 24.6 Å². The Labute approximate surface area is 303 Å². The summed E-state index contributed by atoms with van der Waals surface area (Å²) in [5.74, 6) is -5.24. The number of allylic oxidation sites excluding steroid dienone is 2. The molecule has 0 unspecified atom stereocenters. The maximum absolute atomic E-state index is 15.4. The first-order valence-electron chi connectivity index (χ1n) is 16.9. The highest BCUT2D eigenvalue weighted by molar-refractivity contribution is 6.32. The Kier molecular flexibility index (Phi) is 7.25. The van der Waals surface area contributed by atoms with Gasteiger partial charge in [-0.3, -0.25) is 24.1 Å². The summed E-state index contributed by atoms with van der Waals surface area (Å²) in [4.78, 5) is 61.4. The van der Waals surface area contributed by atoms with Crippen LogP contribution in [0.15, 0.2) is 127 Å². The van der Waals surface area contributed by atoms with Crippen LogP contribution in [0.4, 0.5) is 11.4 Å². The summed E-state index contributed by atoms with van der Waals surface area (Å²) in [5, 5.41) is 14.4. The van der Waals surface area contributed by atoms with Gasteiger partial charge in [0.2, 0.25) is 23.6 Å². The van der Waals surface area contributed by atoms with Crippen molar-refractivity contribution in [3.8, 4) is 5.75 Å². The fourth-order valence-corrected chi connectivity index (χ4v) is 9.75. The summed E-state index contributed by atoms with van der Waals surface area (Å²) < 4.78 is 0. The molecule has 3 fully saturated rings. The van der Waals surface area contributed by atoms with Gasteiger partial charge in [-0.15, -0.1) is 0 Å². The average Bonchev–Trinajstić information content (AvgIpc) is 3.53. The smallest absolute Gasteiger partial charge is 0.246 e. The largest absolute Gasteiger partial charge is 0.507 e. The van der Waals surface area contributed by atoms with E-state index in [1.54, 1.807) is 48.5 Å². The summed E-state index contributed by atoms with van der Waals surface area (Å²) >= 11 is 12.6. The first-order chi connectivity index (χ1) is 24.7. The second-order valence-corrected chi connectivity index (χ2v) is 14.7. The Morgan fingerprint density at radius 3 is 2.18 bits per heavy atom. The minimum Gasteiger partial charge on any atom is -0.507 e. The van der Waals surface area contributed by atoms with E-state index in [9.17, 15) is 19.5 Å². The van der Waals surface area contributed by atoms with Crippen molar-refractivity contribution < 1.29 is 24.3 Å². The Bertz CT molecular complexity index is 2340. The molecular weight excluding hydrogens is 683 g/mol. The van der Waals surface area contributed by atoms with E-state index in [1.165, 1.54) is 9.80 Å². The molecule has 2 aliphatic heterocycles. The number of hydrogen-bond donors (Lipinski definition) is 1. The number of phenols is 1. The van der Waals surface area contributed by atoms with E-state index < -0.39 is 46.8 Å². The minimum atomic E-state index is -1.49. The molecule has 2 saturated heterocycles. The summed E-state index contributed by atoms with van der Waals surface area (Å²) in [6.45, 7) is 0. The molecule has 9 heteroatoms. The van der Waals surface area contributed by atoms with Crippen LogP contribution in [0.25, 0.3) is 10.8 Å². The lowest BCUT2D eigenvalue weighted by atomic mass is 9.49. The van der Waals surface area contributed by atoms with E-state index in [2.05, 4.69) is 0 Å². The standard InChI is InChI=1S/C42H30Cl2N2O5/c43-25-14-16-27(17-15-25)45-38(48)31-20-19-30-33(35(31)40(45)50)22-34-39(49)46(28-11-6-10-26(44)21-28)41(51)42(34,24-8-2-1-3-9-24)36(30)32-18-13-23-7-4-5-12-29(23)37(32)47/h1-19,21,31,33-36,47H,20,22H2/t31-,33+,34-,35-,36+,42+/m0/s1. The maximum Gasteiger partial charge on any atom is 0.246 e. The van der Waals surface area contributed by atoms with Gasteiger partial charge < -0.3 is 5.11 Å². The first kappa shape index (κ1) is 31.7. The molecular formula is C42H30Cl2N2O5. The summed E-state index contributed by atoms with van der Waals surface area (Å²) in [5.41, 5.74) is 1.18. The fourth-order valence-electron chi connectivity index (χ4n) is 9.44. The quantitative estimate of drug-likeness (QED) is 0.150. The van der Waals surface area contributed by atoms with Gasteiger partial charge in [-0.25, -0.2) is 4.90 Å². The van der Waals surface area contributed by atoms with Gasteiger partial charge in [0.05, 0.1) is 34.5 Å². The normalized spacial score (nSPS) is 27.0. The number of aromatic hydroxyl groups is 1. The van der Waals surface area contributed by atoms with Crippen LogP contribution in [0, 0.1) is 23.7 Å². The number of halogens is 2. The number of carbonyl (C=O) groups is 4. The second-order valence-electron chi connectivity index (χ2n) is 13.8. The van der Waals surface area contributed by atoms with Crippen molar-refractivity contribution in [3.63, 3.8) is 0 Å². The topological polar surface area (TPSA) is 95.0 Å². The highest BCUT2D eigenvalue weighted by Crippen LogP contribution is 2.65. The molecule has 7 nitrogen and oxygen atoms in total. The van der Waals surface area contributed by atoms with Gasteiger partial charge in [-0.05, 0) is 72.2 Å². The molecule has 4 aliphatic rings. The number of amides is 4. The molecule has 1 saturated carbocycles. The van der Waals surface area contributed by atoms with Crippen molar-refractivity contribution >= 4 is 69.0 Å². The molecule has 2 aliphatic carbocycles. The third kappa shape index (κ3) is 4.44. The van der Waals surface area contributed by atoms with Gasteiger partial charge in [-0.1, -0.05) is 108 Å². The van der Waals surface area contributed by atoms with Crippen molar-refractivity contribution in [2.24, 2.45) is 23.7 Å². The molecule has 1 N–H and O–H groups in total. The lowest BCUT2D eigenvalue weighted by molar-refractivity contribution is -0.127. The van der Waals surface area contributed by atoms with Gasteiger partial charge in [0.1, 0.15) is 5.75 Å². The molecule has 0 spiro atoms. The predicted octanol–water partition coefficient (Wildman–Crippen LogP) is 8.22. The van der Waals surface area contributed by atoms with Crippen LogP contribution in [0.3, 0.4) is 0 Å². The number of nitrogens with zero attached hydrogens (tertiary/aromatic N) is 2. The van der Waals surface area contributed by atoms with Crippen LogP contribution in [0.2, 0.25) is 10.0 Å². The molecule has 9 rings (SSSR count). The maximum atomic E-state index is 15.4. The zero-order valence-electron chi connectivity index (χ0n) is 27.1. The number of anilines is 2. The van der Waals surface area contributed by atoms with Crippen molar-refractivity contribution in [3.05, 3.63) is 148 Å². The van der Waals surface area contributed by atoms with E-state index in [1.807, 2.05) is 72.8 Å². The van der Waals surface area contributed by atoms with Crippen LogP contribution in [0.5, 0.6) is 5.75 Å². The lowest BCUT2D eigenvalue weighted by Crippen LogP contribution is -2.53. The van der Waals surface area contributed by atoms with Gasteiger partial charge in [-0.2, -0.15) is 0 Å². The van der Waals surface area contributed by atoms with E-state index in [0.717, 1.165) is 11.0 Å². The zero-order chi connectivity index (χ0) is 35.2. The van der Waals surface area contributed by atoms with E-state index in [4.69, 9.17) is 23.2 Å². The zero-order valence-corrected chi connectivity index (χ0v) is 28.6. The van der Waals surface area contributed by atoms with Gasteiger partial charge in [0, 0.05) is 26.9 Å². The van der Waals surface area contributed by atoms with Gasteiger partial charge in [0.25, 0.3) is 0 Å². The number of rotatable bonds is 4. The molecule has 51 heavy (non-hydrogen) atoms. The lowest BCUT2D eigenvalue weighted by Gasteiger charge is -2.50. The number of benzene rings is 5. The van der Waals surface area contributed by atoms with Crippen molar-refractivity contribution in [2.75, 3.05) is 9.80 Å². The molecule has 6 atom stereocenters. The summed E-state index contributed by atoms with van der Waals surface area (Å²) in [6, 6.07) is 33.8. The van der Waals surface area contributed by atoms with Crippen LogP contribution >= 0.6 is 23.2 Å². The molecule has 252 valence electrons. The Hall–Kier alpha value is -5.24. The molecule has 2 heterocycles. The van der Waals surface area contributed by atoms with Crippen LogP contribution < -0.4 is 9.80 Å². The third-order valence-electron chi connectivity index (χ3n) is 11.5. The van der Waals surface area contributed by atoms with Gasteiger partial charge in [0.15, 0.2) is 0 Å². The van der Waals surface area contributed by atoms with E-state index >= 15 is 4.79 Å². The summed E-state index contributed by atoms with van der Waals surface area (Å²) in [7, 11) is 0. The number of phenolic OH excluding ortho intramolecular Hbond substituents is 1. The average molecular weight is 714 g/mol. The van der Waals surface area contributed by atoms with Crippen LogP contribution in [-0.4, -0.2) is 28.7 Å². The predicted molar refractivity (Wildman–Crippen MR) is 196 cm³/mol. The second kappa shape index (κ2) is 11.7. The van der Waals surface area contributed by atoms with Crippen molar-refractivity contribution in [2.45, 2.75) is 24.2 Å². The number of hydrogen-bond acceptors (Lipinski definition) is 5. The number of fused-ring (bicyclic) bond motifs is 5. The molecule has 0 bridgehead atoms. The Morgan fingerprint density at radius 2 is 1.41 bits per heavy atom.